The minimum atomic E-state index is -1.08. The second-order valence-corrected chi connectivity index (χ2v) is 5.13. The van der Waals surface area contributed by atoms with Crippen molar-refractivity contribution in [2.45, 2.75) is 19.3 Å². The van der Waals surface area contributed by atoms with E-state index in [4.69, 9.17) is 10.4 Å². The van der Waals surface area contributed by atoms with Crippen molar-refractivity contribution in [1.82, 2.24) is 0 Å². The number of hydrogen-bond donors (Lipinski definition) is 2. The van der Waals surface area contributed by atoms with Crippen molar-refractivity contribution < 1.29 is 19.8 Å². The number of ketones is 1. The van der Waals surface area contributed by atoms with Crippen LogP contribution in [-0.2, 0) is 11.2 Å². The fourth-order valence-corrected chi connectivity index (χ4v) is 2.28. The Kier molecular flexibility index (Phi) is 5.11. The molecule has 0 saturated heterocycles. The highest BCUT2D eigenvalue weighted by Crippen LogP contribution is 2.27. The first-order chi connectivity index (χ1) is 11.0. The Morgan fingerprint density at radius 1 is 1.04 bits per heavy atom. The van der Waals surface area contributed by atoms with Crippen molar-refractivity contribution in [2.75, 3.05) is 0 Å². The van der Waals surface area contributed by atoms with Gasteiger partial charge in [-0.15, -0.1) is 0 Å². The van der Waals surface area contributed by atoms with Gasteiger partial charge in [-0.1, -0.05) is 30.3 Å². The maximum absolute atomic E-state index is 12.1. The summed E-state index contributed by atoms with van der Waals surface area (Å²) in [5.74, 6) is -1.96. The fraction of sp³-hybridized carbons (Fsp3) is 0.167. The van der Waals surface area contributed by atoms with Crippen LogP contribution in [0.4, 0.5) is 0 Å². The molecule has 0 aromatic heterocycles. The number of aliphatic carboxylic acids is 1. The van der Waals surface area contributed by atoms with Crippen LogP contribution in [0.2, 0.25) is 0 Å². The van der Waals surface area contributed by atoms with E-state index in [0.29, 0.717) is 12.0 Å². The molecule has 0 radical (unpaired) electrons. The van der Waals surface area contributed by atoms with Crippen LogP contribution in [0, 0.1) is 11.3 Å². The second-order valence-electron chi connectivity index (χ2n) is 5.13. The van der Waals surface area contributed by atoms with Gasteiger partial charge < -0.3 is 10.2 Å². The molecule has 0 spiro atoms. The number of nitriles is 1. The Morgan fingerprint density at radius 2 is 1.74 bits per heavy atom. The quantitative estimate of drug-likeness (QED) is 0.799. The Labute approximate surface area is 133 Å². The highest BCUT2D eigenvalue weighted by Gasteiger charge is 2.17. The van der Waals surface area contributed by atoms with Crippen LogP contribution in [-0.4, -0.2) is 22.0 Å². The zero-order valence-corrected chi connectivity index (χ0v) is 12.3. The summed E-state index contributed by atoms with van der Waals surface area (Å²) < 4.78 is 0. The number of aromatic hydroxyl groups is 1. The first kappa shape index (κ1) is 16.2. The van der Waals surface area contributed by atoms with Gasteiger partial charge in [0.05, 0.1) is 17.5 Å². The Bertz CT molecular complexity index is 776. The number of nitrogens with zero attached hydrogens (tertiary/aromatic N) is 1. The Hall–Kier alpha value is -3.13. The Balaban J connectivity index is 2.34. The summed E-state index contributed by atoms with van der Waals surface area (Å²) in [5, 5.41) is 27.8. The molecule has 0 aliphatic rings. The van der Waals surface area contributed by atoms with Crippen molar-refractivity contribution in [1.29, 1.82) is 5.26 Å². The molecule has 116 valence electrons. The largest absolute Gasteiger partial charge is 0.506 e. The summed E-state index contributed by atoms with van der Waals surface area (Å²) >= 11 is 0. The van der Waals surface area contributed by atoms with Gasteiger partial charge in [0.15, 0.2) is 5.78 Å². The minimum Gasteiger partial charge on any atom is -0.506 e. The summed E-state index contributed by atoms with van der Waals surface area (Å²) in [4.78, 5) is 22.7. The summed E-state index contributed by atoms with van der Waals surface area (Å²) in [6.45, 7) is 0. The number of phenolic OH excluding ortho intramolecular Hbond substituents is 1. The minimum absolute atomic E-state index is 0.00349. The van der Waals surface area contributed by atoms with Crippen LogP contribution in [0.3, 0.4) is 0 Å². The zero-order chi connectivity index (χ0) is 16.8. The molecule has 0 bridgehead atoms. The van der Waals surface area contributed by atoms with Crippen LogP contribution in [0.25, 0.3) is 0 Å². The average Bonchev–Trinajstić information content (AvgIpc) is 2.55. The molecule has 0 aliphatic carbocycles. The maximum Gasteiger partial charge on any atom is 0.303 e. The van der Waals surface area contributed by atoms with Crippen LogP contribution < -0.4 is 0 Å². The first-order valence-electron chi connectivity index (χ1n) is 7.06. The number of hydrogen-bond acceptors (Lipinski definition) is 4. The third-order valence-electron chi connectivity index (χ3n) is 3.41. The molecular weight excluding hydrogens is 294 g/mol. The number of carbonyl (C=O) groups is 2. The smallest absolute Gasteiger partial charge is 0.303 e. The molecule has 2 N–H and O–H groups in total. The molecule has 0 atom stereocenters. The van der Waals surface area contributed by atoms with Crippen molar-refractivity contribution in [3.63, 3.8) is 0 Å². The van der Waals surface area contributed by atoms with Crippen molar-refractivity contribution in [2.24, 2.45) is 0 Å². The Morgan fingerprint density at radius 3 is 2.35 bits per heavy atom. The van der Waals surface area contributed by atoms with Crippen LogP contribution in [0.5, 0.6) is 5.75 Å². The predicted molar refractivity (Wildman–Crippen MR) is 83.3 cm³/mol. The van der Waals surface area contributed by atoms with Crippen molar-refractivity contribution in [3.05, 3.63) is 64.7 Å². The molecule has 5 nitrogen and oxygen atoms in total. The molecule has 0 saturated carbocycles. The lowest BCUT2D eigenvalue weighted by molar-refractivity contribution is -0.136. The first-order valence-corrected chi connectivity index (χ1v) is 7.06. The molecule has 0 amide bonds. The zero-order valence-electron chi connectivity index (χ0n) is 12.3. The molecule has 2 aromatic rings. The molecule has 0 fully saturated rings. The van der Waals surface area contributed by atoms with E-state index in [0.717, 1.165) is 5.56 Å². The van der Waals surface area contributed by atoms with E-state index in [1.165, 1.54) is 12.1 Å². The maximum atomic E-state index is 12.1. The second kappa shape index (κ2) is 7.23. The van der Waals surface area contributed by atoms with Gasteiger partial charge >= 0.3 is 5.97 Å². The van der Waals surface area contributed by atoms with Gasteiger partial charge in [-0.2, -0.15) is 5.26 Å². The van der Waals surface area contributed by atoms with E-state index >= 15 is 0 Å². The normalized spacial score (nSPS) is 10.0. The number of carbonyl (C=O) groups excluding carboxylic acids is 1. The van der Waals surface area contributed by atoms with Gasteiger partial charge in [-0.25, -0.2) is 0 Å². The standard InChI is InChI=1S/C18H15NO4/c19-11-14-9-13(8-12-4-2-1-3-5-12)10-15(18(14)23)16(20)6-7-17(21)22/h1-5,9-10,23H,6-8H2,(H,21,22). The van der Waals surface area contributed by atoms with Gasteiger partial charge in [0, 0.05) is 6.42 Å². The highest BCUT2D eigenvalue weighted by molar-refractivity contribution is 6.00. The van der Waals surface area contributed by atoms with E-state index in [1.807, 2.05) is 36.4 Å². The molecule has 2 aromatic carbocycles. The van der Waals surface area contributed by atoms with Crippen LogP contribution >= 0.6 is 0 Å². The summed E-state index contributed by atoms with van der Waals surface area (Å²) in [6, 6.07) is 14.4. The number of phenols is 1. The van der Waals surface area contributed by atoms with E-state index in [1.54, 1.807) is 0 Å². The van der Waals surface area contributed by atoms with E-state index in [-0.39, 0.29) is 29.7 Å². The SMILES string of the molecule is N#Cc1cc(Cc2ccccc2)cc(C(=O)CCC(=O)O)c1O. The molecule has 5 heteroatoms. The van der Waals surface area contributed by atoms with Gasteiger partial charge in [0.1, 0.15) is 11.8 Å². The highest BCUT2D eigenvalue weighted by atomic mass is 16.4. The number of benzene rings is 2. The number of Topliss-reactive ketones (excluding diaryl/α,β-unsaturated/α-hetero) is 1. The van der Waals surface area contributed by atoms with E-state index in [9.17, 15) is 14.7 Å². The third kappa shape index (κ3) is 4.17. The number of rotatable bonds is 6. The lowest BCUT2D eigenvalue weighted by Gasteiger charge is -2.09. The predicted octanol–water partition coefficient (Wildman–Crippen LogP) is 2.90. The number of carboxylic acid groups (broad SMARTS) is 1. The molecule has 2 rings (SSSR count). The molecular formula is C18H15NO4. The fourth-order valence-electron chi connectivity index (χ4n) is 2.28. The molecule has 0 aliphatic heterocycles. The average molecular weight is 309 g/mol. The lowest BCUT2D eigenvalue weighted by Crippen LogP contribution is -2.06. The monoisotopic (exact) mass is 309 g/mol. The van der Waals surface area contributed by atoms with E-state index in [2.05, 4.69) is 0 Å². The van der Waals surface area contributed by atoms with Gasteiger partial charge in [-0.05, 0) is 29.7 Å². The topological polar surface area (TPSA) is 98.4 Å². The molecule has 0 unspecified atom stereocenters. The van der Waals surface area contributed by atoms with Crippen LogP contribution in [0.1, 0.15) is 39.9 Å². The summed E-state index contributed by atoms with van der Waals surface area (Å²) in [5.41, 5.74) is 1.73. The summed E-state index contributed by atoms with van der Waals surface area (Å²) in [7, 11) is 0. The number of carboxylic acids is 1. The van der Waals surface area contributed by atoms with E-state index < -0.39 is 11.8 Å². The van der Waals surface area contributed by atoms with Crippen LogP contribution in [0.15, 0.2) is 42.5 Å². The van der Waals surface area contributed by atoms with Gasteiger partial charge in [0.25, 0.3) is 0 Å². The third-order valence-corrected chi connectivity index (χ3v) is 3.41. The lowest BCUT2D eigenvalue weighted by atomic mass is 9.96. The summed E-state index contributed by atoms with van der Waals surface area (Å²) in [6.07, 6.45) is -0.0271. The van der Waals surface area contributed by atoms with Crippen molar-refractivity contribution in [3.8, 4) is 11.8 Å². The molecule has 0 heterocycles. The molecule has 23 heavy (non-hydrogen) atoms. The van der Waals surface area contributed by atoms with Crippen molar-refractivity contribution >= 4 is 11.8 Å². The van der Waals surface area contributed by atoms with Gasteiger partial charge in [-0.3, -0.25) is 9.59 Å². The van der Waals surface area contributed by atoms with Gasteiger partial charge in [0.2, 0.25) is 0 Å².